The molecule has 3 heteroatoms. The number of thioether (sulfide) groups is 1. The Labute approximate surface area is 126 Å². The van der Waals surface area contributed by atoms with Crippen molar-refractivity contribution in [2.45, 2.75) is 56.5 Å². The van der Waals surface area contributed by atoms with E-state index >= 15 is 0 Å². The lowest BCUT2D eigenvalue weighted by molar-refractivity contribution is -0.117. The topological polar surface area (TPSA) is 20.3 Å². The third-order valence-electron chi connectivity index (χ3n) is 3.95. The summed E-state index contributed by atoms with van der Waals surface area (Å²) in [7, 11) is 0. The van der Waals surface area contributed by atoms with Crippen LogP contribution in [0.1, 0.15) is 46.0 Å². The third-order valence-corrected chi connectivity index (χ3v) is 5.41. The number of benzene rings is 1. The average Bonchev–Trinajstić information content (AvgIpc) is 2.50. The van der Waals surface area contributed by atoms with Gasteiger partial charge in [0.25, 0.3) is 0 Å². The molecule has 1 aliphatic rings. The van der Waals surface area contributed by atoms with Gasteiger partial charge in [-0.05, 0) is 38.8 Å². The molecule has 0 spiro atoms. The number of carbonyl (C=O) groups is 1. The molecule has 0 N–H and O–H groups in total. The number of anilines is 1. The number of rotatable bonds is 5. The van der Waals surface area contributed by atoms with Crippen molar-refractivity contribution in [2.24, 2.45) is 0 Å². The lowest BCUT2D eigenvalue weighted by Crippen LogP contribution is -2.37. The van der Waals surface area contributed by atoms with Gasteiger partial charge >= 0.3 is 0 Å². The summed E-state index contributed by atoms with van der Waals surface area (Å²) in [6.07, 6.45) is 6.58. The Kier molecular flexibility index (Phi) is 5.96. The van der Waals surface area contributed by atoms with Gasteiger partial charge in [-0.3, -0.25) is 4.79 Å². The molecule has 1 saturated carbocycles. The molecule has 1 aromatic carbocycles. The maximum atomic E-state index is 12.7. The SMILES string of the molecule is CCN(C(=O)C(C)SC1CCCCC1)c1ccccc1. The van der Waals surface area contributed by atoms with Gasteiger partial charge in [0.15, 0.2) is 0 Å². The van der Waals surface area contributed by atoms with Crippen LogP contribution in [0.2, 0.25) is 0 Å². The van der Waals surface area contributed by atoms with Crippen LogP contribution in [-0.4, -0.2) is 23.0 Å². The molecule has 0 aromatic heterocycles. The predicted octanol–water partition coefficient (Wildman–Crippen LogP) is 4.49. The Morgan fingerprint density at radius 3 is 2.50 bits per heavy atom. The first-order valence-electron chi connectivity index (χ1n) is 7.74. The second-order valence-corrected chi connectivity index (χ2v) is 7.10. The average molecular weight is 291 g/mol. The Balaban J connectivity index is 1.97. The van der Waals surface area contributed by atoms with Crippen LogP contribution >= 0.6 is 11.8 Å². The van der Waals surface area contributed by atoms with Crippen molar-refractivity contribution in [3.63, 3.8) is 0 Å². The van der Waals surface area contributed by atoms with Crippen LogP contribution < -0.4 is 4.90 Å². The predicted molar refractivity (Wildman–Crippen MR) is 88.4 cm³/mol. The molecule has 20 heavy (non-hydrogen) atoms. The fourth-order valence-electron chi connectivity index (χ4n) is 2.84. The summed E-state index contributed by atoms with van der Waals surface area (Å²) in [6.45, 7) is 4.84. The summed E-state index contributed by atoms with van der Waals surface area (Å²) >= 11 is 1.88. The van der Waals surface area contributed by atoms with Crippen molar-refractivity contribution in [1.82, 2.24) is 0 Å². The van der Waals surface area contributed by atoms with Crippen LogP contribution in [0.15, 0.2) is 30.3 Å². The van der Waals surface area contributed by atoms with E-state index in [2.05, 4.69) is 6.92 Å². The summed E-state index contributed by atoms with van der Waals surface area (Å²) < 4.78 is 0. The first-order valence-corrected chi connectivity index (χ1v) is 8.68. The number of nitrogens with zero attached hydrogens (tertiary/aromatic N) is 1. The van der Waals surface area contributed by atoms with Crippen molar-refractivity contribution in [1.29, 1.82) is 0 Å². The first-order chi connectivity index (χ1) is 9.72. The van der Waals surface area contributed by atoms with Crippen LogP contribution in [0.3, 0.4) is 0 Å². The minimum absolute atomic E-state index is 0.0539. The maximum absolute atomic E-state index is 12.7. The quantitative estimate of drug-likeness (QED) is 0.796. The van der Waals surface area contributed by atoms with E-state index in [1.165, 1.54) is 32.1 Å². The lowest BCUT2D eigenvalue weighted by atomic mass is 10.0. The van der Waals surface area contributed by atoms with Gasteiger partial charge in [0.1, 0.15) is 0 Å². The summed E-state index contributed by atoms with van der Waals surface area (Å²) in [5.41, 5.74) is 1.01. The molecule has 1 unspecified atom stereocenters. The van der Waals surface area contributed by atoms with Crippen molar-refractivity contribution in [3.05, 3.63) is 30.3 Å². The zero-order valence-corrected chi connectivity index (χ0v) is 13.4. The van der Waals surface area contributed by atoms with Crippen molar-refractivity contribution >= 4 is 23.4 Å². The summed E-state index contributed by atoms with van der Waals surface area (Å²) in [6, 6.07) is 10.00. The molecule has 1 aliphatic carbocycles. The Morgan fingerprint density at radius 1 is 1.25 bits per heavy atom. The number of para-hydroxylation sites is 1. The van der Waals surface area contributed by atoms with Crippen molar-refractivity contribution in [2.75, 3.05) is 11.4 Å². The van der Waals surface area contributed by atoms with Gasteiger partial charge in [0, 0.05) is 17.5 Å². The van der Waals surface area contributed by atoms with E-state index in [4.69, 9.17) is 0 Å². The van der Waals surface area contributed by atoms with Crippen LogP contribution in [0, 0.1) is 0 Å². The standard InChI is InChI=1S/C17H25NOS/c1-3-18(15-10-6-4-7-11-15)17(19)14(2)20-16-12-8-5-9-13-16/h4,6-7,10-11,14,16H,3,5,8-9,12-13H2,1-2H3. The molecule has 1 amide bonds. The van der Waals surface area contributed by atoms with Crippen molar-refractivity contribution < 1.29 is 4.79 Å². The fourth-order valence-corrected chi connectivity index (χ4v) is 4.27. The number of carbonyl (C=O) groups excluding carboxylic acids is 1. The zero-order valence-electron chi connectivity index (χ0n) is 12.5. The summed E-state index contributed by atoms with van der Waals surface area (Å²) in [5, 5.41) is 0.732. The van der Waals surface area contributed by atoms with E-state index in [0.29, 0.717) is 5.25 Å². The summed E-state index contributed by atoms with van der Waals surface area (Å²) in [5.74, 6) is 0.245. The van der Waals surface area contributed by atoms with E-state index in [9.17, 15) is 4.79 Å². The first kappa shape index (κ1) is 15.4. The van der Waals surface area contributed by atoms with Crippen molar-refractivity contribution in [3.8, 4) is 0 Å². The summed E-state index contributed by atoms with van der Waals surface area (Å²) in [4.78, 5) is 14.6. The molecular formula is C17H25NOS. The molecule has 0 radical (unpaired) electrons. The zero-order chi connectivity index (χ0) is 14.4. The lowest BCUT2D eigenvalue weighted by Gasteiger charge is -2.28. The highest BCUT2D eigenvalue weighted by atomic mass is 32.2. The molecule has 1 fully saturated rings. The normalized spacial score (nSPS) is 17.7. The number of hydrogen-bond donors (Lipinski definition) is 0. The second-order valence-electron chi connectivity index (χ2n) is 5.46. The van der Waals surface area contributed by atoms with Gasteiger partial charge in [-0.2, -0.15) is 0 Å². The fraction of sp³-hybridized carbons (Fsp3) is 0.588. The molecular weight excluding hydrogens is 266 g/mol. The molecule has 1 atom stereocenters. The Bertz CT molecular complexity index is 414. The second kappa shape index (κ2) is 7.72. The van der Waals surface area contributed by atoms with E-state index in [-0.39, 0.29) is 11.2 Å². The molecule has 1 aromatic rings. The third kappa shape index (κ3) is 4.02. The molecule has 110 valence electrons. The van der Waals surface area contributed by atoms with Gasteiger partial charge < -0.3 is 4.90 Å². The van der Waals surface area contributed by atoms with Gasteiger partial charge in [-0.15, -0.1) is 11.8 Å². The van der Waals surface area contributed by atoms with Crippen LogP contribution in [0.25, 0.3) is 0 Å². The monoisotopic (exact) mass is 291 g/mol. The Hall–Kier alpha value is -0.960. The highest BCUT2D eigenvalue weighted by Crippen LogP contribution is 2.32. The highest BCUT2D eigenvalue weighted by molar-refractivity contribution is 8.01. The largest absolute Gasteiger partial charge is 0.312 e. The van der Waals surface area contributed by atoms with Crippen LogP contribution in [-0.2, 0) is 4.79 Å². The number of amides is 1. The van der Waals surface area contributed by atoms with Crippen LogP contribution in [0.4, 0.5) is 5.69 Å². The van der Waals surface area contributed by atoms with E-state index in [1.807, 2.05) is 53.9 Å². The minimum Gasteiger partial charge on any atom is -0.312 e. The molecule has 0 aliphatic heterocycles. The van der Waals surface area contributed by atoms with Gasteiger partial charge in [0.05, 0.1) is 5.25 Å². The number of hydrogen-bond acceptors (Lipinski definition) is 2. The molecule has 0 bridgehead atoms. The molecule has 0 saturated heterocycles. The van der Waals surface area contributed by atoms with Crippen LogP contribution in [0.5, 0.6) is 0 Å². The van der Waals surface area contributed by atoms with Gasteiger partial charge in [-0.25, -0.2) is 0 Å². The van der Waals surface area contributed by atoms with Gasteiger partial charge in [0.2, 0.25) is 5.91 Å². The van der Waals surface area contributed by atoms with E-state index in [1.54, 1.807) is 0 Å². The molecule has 0 heterocycles. The van der Waals surface area contributed by atoms with E-state index < -0.39 is 0 Å². The Morgan fingerprint density at radius 2 is 1.90 bits per heavy atom. The van der Waals surface area contributed by atoms with Gasteiger partial charge in [-0.1, -0.05) is 37.5 Å². The smallest absolute Gasteiger partial charge is 0.239 e. The minimum atomic E-state index is 0.0539. The molecule has 2 nitrogen and oxygen atoms in total. The maximum Gasteiger partial charge on any atom is 0.239 e. The molecule has 2 rings (SSSR count). The highest BCUT2D eigenvalue weighted by Gasteiger charge is 2.25. The van der Waals surface area contributed by atoms with E-state index in [0.717, 1.165) is 12.2 Å².